The van der Waals surface area contributed by atoms with E-state index in [1.165, 1.54) is 16.2 Å². The summed E-state index contributed by atoms with van der Waals surface area (Å²) in [6.07, 6.45) is 0.0401. The topological polar surface area (TPSA) is 79.0 Å². The number of fused-ring (bicyclic) bond motifs is 3. The van der Waals surface area contributed by atoms with Crippen molar-refractivity contribution in [3.8, 4) is 0 Å². The van der Waals surface area contributed by atoms with Crippen molar-refractivity contribution in [3.63, 3.8) is 0 Å². The molecule has 0 saturated carbocycles. The minimum absolute atomic E-state index is 0.227. The minimum atomic E-state index is -0.826. The molecule has 0 radical (unpaired) electrons. The van der Waals surface area contributed by atoms with Crippen molar-refractivity contribution >= 4 is 17.5 Å². The van der Waals surface area contributed by atoms with Crippen LogP contribution in [0.15, 0.2) is 12.1 Å². The van der Waals surface area contributed by atoms with Gasteiger partial charge in [-0.2, -0.15) is 0 Å². The van der Waals surface area contributed by atoms with Gasteiger partial charge < -0.3 is 25.4 Å². The van der Waals surface area contributed by atoms with Gasteiger partial charge in [0.2, 0.25) is 0 Å². The van der Waals surface area contributed by atoms with Crippen LogP contribution in [0.3, 0.4) is 0 Å². The average molecular weight is 289 g/mol. The number of amides is 1. The van der Waals surface area contributed by atoms with Crippen LogP contribution in [0.2, 0.25) is 0 Å². The Kier molecular flexibility index (Phi) is 2.75. The summed E-state index contributed by atoms with van der Waals surface area (Å²) < 4.78 is 5.67. The van der Waals surface area contributed by atoms with Crippen LogP contribution < -0.4 is 10.6 Å². The molecular weight excluding hydrogens is 270 g/mol. The fourth-order valence-corrected chi connectivity index (χ4v) is 4.07. The third-order valence-corrected chi connectivity index (χ3v) is 4.91. The number of nitrogens with two attached hydrogens (primary N) is 1. The lowest BCUT2D eigenvalue weighted by Crippen LogP contribution is -2.48. The van der Waals surface area contributed by atoms with Crippen molar-refractivity contribution in [2.45, 2.75) is 25.0 Å². The smallest absolute Gasteiger partial charge is 0.407 e. The third kappa shape index (κ3) is 1.86. The van der Waals surface area contributed by atoms with E-state index < -0.39 is 6.09 Å². The fourth-order valence-electron chi connectivity index (χ4n) is 4.07. The van der Waals surface area contributed by atoms with Crippen LogP contribution in [-0.2, 0) is 11.3 Å². The van der Waals surface area contributed by atoms with Gasteiger partial charge in [0.05, 0.1) is 13.2 Å². The highest BCUT2D eigenvalue weighted by molar-refractivity contribution is 5.72. The molecule has 0 bridgehead atoms. The van der Waals surface area contributed by atoms with E-state index in [4.69, 9.17) is 10.5 Å². The molecule has 21 heavy (non-hydrogen) atoms. The lowest BCUT2D eigenvalue weighted by Gasteiger charge is -2.37. The number of carbonyl (C=O) groups is 1. The SMILES string of the molecule is Nc1cc2c3c(c1)[C@@H]1CN(C(=O)O)CCC1N3CCOC2. The summed E-state index contributed by atoms with van der Waals surface area (Å²) in [4.78, 5) is 15.2. The number of nitrogen functional groups attached to an aromatic ring is 1. The van der Waals surface area contributed by atoms with Gasteiger partial charge in [-0.1, -0.05) is 0 Å². The van der Waals surface area contributed by atoms with Gasteiger partial charge >= 0.3 is 6.09 Å². The molecule has 4 rings (SSSR count). The lowest BCUT2D eigenvalue weighted by atomic mass is 9.88. The Balaban J connectivity index is 1.80. The van der Waals surface area contributed by atoms with Crippen LogP contribution in [0.1, 0.15) is 23.5 Å². The van der Waals surface area contributed by atoms with E-state index in [1.807, 2.05) is 12.1 Å². The summed E-state index contributed by atoms with van der Waals surface area (Å²) in [5.74, 6) is 0.227. The normalized spacial score (nSPS) is 27.0. The maximum Gasteiger partial charge on any atom is 0.407 e. The average Bonchev–Trinajstić information content (AvgIpc) is 2.62. The second-order valence-corrected chi connectivity index (χ2v) is 6.05. The summed E-state index contributed by atoms with van der Waals surface area (Å²) in [7, 11) is 0. The molecule has 3 N–H and O–H groups in total. The van der Waals surface area contributed by atoms with Crippen LogP contribution >= 0.6 is 0 Å². The highest BCUT2D eigenvalue weighted by Crippen LogP contribution is 2.48. The van der Waals surface area contributed by atoms with Gasteiger partial charge in [0.15, 0.2) is 0 Å². The molecule has 1 aromatic carbocycles. The molecule has 1 amide bonds. The van der Waals surface area contributed by atoms with Gasteiger partial charge in [-0.25, -0.2) is 4.79 Å². The summed E-state index contributed by atoms with van der Waals surface area (Å²) in [6, 6.07) is 4.38. The summed E-state index contributed by atoms with van der Waals surface area (Å²) >= 11 is 0. The largest absolute Gasteiger partial charge is 0.465 e. The van der Waals surface area contributed by atoms with Crippen LogP contribution in [0.5, 0.6) is 0 Å². The first kappa shape index (κ1) is 12.8. The maximum absolute atomic E-state index is 11.3. The Morgan fingerprint density at radius 1 is 1.38 bits per heavy atom. The molecule has 0 spiro atoms. The zero-order chi connectivity index (χ0) is 14.6. The maximum atomic E-state index is 11.3. The number of carboxylic acid groups (broad SMARTS) is 1. The molecule has 0 aromatic heterocycles. The number of hydrogen-bond acceptors (Lipinski definition) is 4. The fraction of sp³-hybridized carbons (Fsp3) is 0.533. The third-order valence-electron chi connectivity index (χ3n) is 4.91. The molecule has 0 aliphatic carbocycles. The molecule has 1 saturated heterocycles. The van der Waals surface area contributed by atoms with Crippen molar-refractivity contribution in [1.29, 1.82) is 0 Å². The Morgan fingerprint density at radius 3 is 3.05 bits per heavy atom. The molecule has 1 unspecified atom stereocenters. The molecule has 112 valence electrons. The van der Waals surface area contributed by atoms with Crippen LogP contribution in [0, 0.1) is 0 Å². The van der Waals surface area contributed by atoms with Crippen molar-refractivity contribution < 1.29 is 14.6 Å². The second kappa shape index (κ2) is 4.53. The standard InChI is InChI=1S/C15H19N3O3/c16-10-5-9-8-21-4-3-18-13-1-2-17(15(19)20)7-12(13)11(6-10)14(9)18/h5-6,12-13H,1-4,7-8,16H2,(H,19,20)/t12-,13?/m0/s1. The number of likely N-dealkylation sites (tertiary alicyclic amines) is 1. The molecule has 3 aliphatic heterocycles. The molecule has 2 atom stereocenters. The van der Waals surface area contributed by atoms with Crippen molar-refractivity contribution in [2.24, 2.45) is 0 Å². The van der Waals surface area contributed by atoms with Crippen LogP contribution in [0.25, 0.3) is 0 Å². The van der Waals surface area contributed by atoms with Gasteiger partial charge in [0.25, 0.3) is 0 Å². The summed E-state index contributed by atoms with van der Waals surface area (Å²) in [6.45, 7) is 3.34. The zero-order valence-corrected chi connectivity index (χ0v) is 11.8. The quantitative estimate of drug-likeness (QED) is 0.707. The highest BCUT2D eigenvalue weighted by Gasteiger charge is 2.44. The molecule has 1 aromatic rings. The first-order chi connectivity index (χ1) is 10.1. The van der Waals surface area contributed by atoms with Crippen LogP contribution in [0.4, 0.5) is 16.2 Å². The van der Waals surface area contributed by atoms with E-state index >= 15 is 0 Å². The van der Waals surface area contributed by atoms with Gasteiger partial charge in [-0.3, -0.25) is 0 Å². The number of piperidine rings is 1. The minimum Gasteiger partial charge on any atom is -0.465 e. The predicted molar refractivity (Wildman–Crippen MR) is 78.6 cm³/mol. The van der Waals surface area contributed by atoms with E-state index in [0.717, 1.165) is 24.2 Å². The van der Waals surface area contributed by atoms with Crippen molar-refractivity contribution in [2.75, 3.05) is 36.9 Å². The van der Waals surface area contributed by atoms with Crippen LogP contribution in [-0.4, -0.2) is 48.4 Å². The van der Waals surface area contributed by atoms with Gasteiger partial charge in [-0.05, 0) is 24.1 Å². The lowest BCUT2D eigenvalue weighted by molar-refractivity contribution is 0.120. The Labute approximate surface area is 123 Å². The van der Waals surface area contributed by atoms with E-state index in [-0.39, 0.29) is 5.92 Å². The Morgan fingerprint density at radius 2 is 2.24 bits per heavy atom. The second-order valence-electron chi connectivity index (χ2n) is 6.05. The Bertz CT molecular complexity index is 604. The summed E-state index contributed by atoms with van der Waals surface area (Å²) in [5.41, 5.74) is 10.4. The number of anilines is 2. The highest BCUT2D eigenvalue weighted by atomic mass is 16.5. The molecule has 3 aliphatic rings. The molecule has 1 fully saturated rings. The number of nitrogens with zero attached hydrogens (tertiary/aromatic N) is 2. The van der Waals surface area contributed by atoms with Gasteiger partial charge in [-0.15, -0.1) is 0 Å². The first-order valence-corrected chi connectivity index (χ1v) is 7.39. The van der Waals surface area contributed by atoms with Gasteiger partial charge in [0.1, 0.15) is 0 Å². The van der Waals surface area contributed by atoms with E-state index in [0.29, 0.717) is 32.3 Å². The molecule has 3 heterocycles. The number of ether oxygens (including phenoxy) is 1. The predicted octanol–water partition coefficient (Wildman–Crippen LogP) is 1.45. The van der Waals surface area contributed by atoms with Crippen molar-refractivity contribution in [1.82, 2.24) is 4.90 Å². The molecular formula is C15H19N3O3. The Hall–Kier alpha value is -1.95. The van der Waals surface area contributed by atoms with E-state index in [9.17, 15) is 9.90 Å². The number of rotatable bonds is 0. The van der Waals surface area contributed by atoms with E-state index in [2.05, 4.69) is 4.90 Å². The monoisotopic (exact) mass is 289 g/mol. The zero-order valence-electron chi connectivity index (χ0n) is 11.8. The summed E-state index contributed by atoms with van der Waals surface area (Å²) in [5, 5.41) is 9.26. The van der Waals surface area contributed by atoms with Gasteiger partial charge in [0, 0.05) is 48.5 Å². The van der Waals surface area contributed by atoms with Crippen molar-refractivity contribution in [3.05, 3.63) is 23.3 Å². The number of hydrogen-bond donors (Lipinski definition) is 2. The first-order valence-electron chi connectivity index (χ1n) is 7.39. The molecule has 6 nitrogen and oxygen atoms in total. The number of benzene rings is 1. The molecule has 6 heteroatoms. The van der Waals surface area contributed by atoms with E-state index in [1.54, 1.807) is 0 Å².